The summed E-state index contributed by atoms with van der Waals surface area (Å²) in [6.45, 7) is 7.87. The van der Waals surface area contributed by atoms with Gasteiger partial charge in [-0.05, 0) is 102 Å². The Morgan fingerprint density at radius 3 is 1.96 bits per heavy atom. The number of ether oxygens (including phenoxy) is 5. The third-order valence-electron chi connectivity index (χ3n) is 12.9. The van der Waals surface area contributed by atoms with E-state index in [1.54, 1.807) is 14.2 Å². The highest BCUT2D eigenvalue weighted by atomic mass is 31.2. The lowest BCUT2D eigenvalue weighted by atomic mass is 9.80. The molecule has 1 saturated heterocycles. The molecule has 2 N–H and O–H groups in total. The zero-order chi connectivity index (χ0) is 50.5. The highest BCUT2D eigenvalue weighted by molar-refractivity contribution is 7.44. The van der Waals surface area contributed by atoms with Crippen LogP contribution >= 0.6 is 8.53 Å². The Bertz CT molecular complexity index is 3230. The third kappa shape index (κ3) is 9.90. The molecular formula is C56H56N5O10P. The van der Waals surface area contributed by atoms with Crippen molar-refractivity contribution in [2.75, 3.05) is 32.8 Å². The minimum Gasteiger partial charge on any atom is -0.497 e. The average Bonchev–Trinajstić information content (AvgIpc) is 3.71. The number of aromatic nitrogens is 2. The van der Waals surface area contributed by atoms with Crippen LogP contribution in [0.5, 0.6) is 11.5 Å². The molecule has 1 amide bonds. The zero-order valence-corrected chi connectivity index (χ0v) is 41.7. The number of rotatable bonds is 19. The van der Waals surface area contributed by atoms with Gasteiger partial charge in [-0.1, -0.05) is 103 Å². The van der Waals surface area contributed by atoms with Crippen LogP contribution in [0.4, 0.5) is 10.5 Å². The number of H-pyrrole nitrogens is 1. The molecule has 8 aromatic rings. The smallest absolute Gasteiger partial charge is 0.412 e. The molecule has 16 heteroatoms. The number of methoxy groups -OCH3 is 2. The van der Waals surface area contributed by atoms with Gasteiger partial charge in [-0.25, -0.2) is 14.3 Å². The van der Waals surface area contributed by atoms with E-state index in [1.807, 2.05) is 137 Å². The second kappa shape index (κ2) is 21.7. The van der Waals surface area contributed by atoms with Gasteiger partial charge in [0.2, 0.25) is 0 Å². The SMILES string of the molecule is COc1ccc(C(OC[C@H]2O[C@@H](n3ccc(=O)[nH]c3=O)[C@H](OC(=O)Nc3ccc4ccc5cccc6ccc3c4c56)[C@@H]2OP(OCCC#N)N(C(C)C)C(C)C)(c2ccccc2)c2ccc(OC)cc2)cc1. The number of benzene rings is 7. The van der Waals surface area contributed by atoms with Gasteiger partial charge in [0, 0.05) is 29.7 Å². The number of carbonyl (C=O) groups excluding carboxylic acids is 1. The monoisotopic (exact) mass is 989 g/mol. The first kappa shape index (κ1) is 49.8. The van der Waals surface area contributed by atoms with Crippen LogP contribution in [0.1, 0.15) is 57.0 Å². The maximum Gasteiger partial charge on any atom is 0.412 e. The van der Waals surface area contributed by atoms with Crippen molar-refractivity contribution in [3.8, 4) is 17.6 Å². The number of aromatic amines is 1. The Hall–Kier alpha value is -7.15. The van der Waals surface area contributed by atoms with Crippen molar-refractivity contribution in [2.24, 2.45) is 0 Å². The van der Waals surface area contributed by atoms with Gasteiger partial charge in [0.25, 0.3) is 14.1 Å². The summed E-state index contributed by atoms with van der Waals surface area (Å²) in [6.07, 6.45) is -4.51. The fourth-order valence-corrected chi connectivity index (χ4v) is 11.5. The summed E-state index contributed by atoms with van der Waals surface area (Å²) in [7, 11) is 1.18. The van der Waals surface area contributed by atoms with Crippen molar-refractivity contribution in [3.63, 3.8) is 0 Å². The van der Waals surface area contributed by atoms with E-state index < -0.39 is 56.0 Å². The van der Waals surface area contributed by atoms with E-state index in [0.717, 1.165) is 49.0 Å². The van der Waals surface area contributed by atoms with Gasteiger partial charge in [0.05, 0.1) is 45.6 Å². The molecule has 1 unspecified atom stereocenters. The molecule has 0 saturated carbocycles. The van der Waals surface area contributed by atoms with Crippen molar-refractivity contribution in [1.82, 2.24) is 14.2 Å². The van der Waals surface area contributed by atoms with Crippen molar-refractivity contribution in [2.45, 2.75) is 76.3 Å². The van der Waals surface area contributed by atoms with E-state index >= 15 is 0 Å². The number of carbonyl (C=O) groups is 1. The van der Waals surface area contributed by atoms with Crippen molar-refractivity contribution < 1.29 is 37.5 Å². The van der Waals surface area contributed by atoms with E-state index in [1.165, 1.54) is 16.8 Å². The molecular weight excluding hydrogens is 934 g/mol. The molecule has 2 heterocycles. The summed E-state index contributed by atoms with van der Waals surface area (Å²) < 4.78 is 48.8. The third-order valence-corrected chi connectivity index (χ3v) is 15.1. The van der Waals surface area contributed by atoms with Crippen LogP contribution < -0.4 is 26.0 Å². The number of nitriles is 1. The minimum absolute atomic E-state index is 0.0441. The molecule has 0 radical (unpaired) electrons. The van der Waals surface area contributed by atoms with Crippen LogP contribution in [0, 0.1) is 11.3 Å². The fraction of sp³-hybridized carbons (Fsp3) is 0.286. The lowest BCUT2D eigenvalue weighted by Crippen LogP contribution is -2.44. The largest absolute Gasteiger partial charge is 0.497 e. The number of amides is 1. The Morgan fingerprint density at radius 1 is 0.764 bits per heavy atom. The second-order valence-corrected chi connectivity index (χ2v) is 19.4. The van der Waals surface area contributed by atoms with Crippen LogP contribution in [0.25, 0.3) is 32.3 Å². The van der Waals surface area contributed by atoms with Crippen LogP contribution in [0.15, 0.2) is 155 Å². The van der Waals surface area contributed by atoms with Gasteiger partial charge in [-0.15, -0.1) is 0 Å². The van der Waals surface area contributed by atoms with E-state index in [0.29, 0.717) is 17.2 Å². The number of anilines is 1. The first-order valence-corrected chi connectivity index (χ1v) is 24.9. The predicted molar refractivity (Wildman–Crippen MR) is 278 cm³/mol. The second-order valence-electron chi connectivity index (χ2n) is 18.0. The predicted octanol–water partition coefficient (Wildman–Crippen LogP) is 10.6. The Morgan fingerprint density at radius 2 is 1.36 bits per heavy atom. The zero-order valence-electron chi connectivity index (χ0n) is 40.8. The van der Waals surface area contributed by atoms with Crippen LogP contribution in [0.2, 0.25) is 0 Å². The normalized spacial score (nSPS) is 17.5. The summed E-state index contributed by atoms with van der Waals surface area (Å²) in [5.74, 6) is 1.28. The van der Waals surface area contributed by atoms with Crippen molar-refractivity contribution in [3.05, 3.63) is 183 Å². The van der Waals surface area contributed by atoms with Crippen molar-refractivity contribution >= 4 is 52.6 Å². The van der Waals surface area contributed by atoms with Gasteiger partial charge in [0.1, 0.15) is 29.3 Å². The van der Waals surface area contributed by atoms with Gasteiger partial charge in [-0.2, -0.15) is 5.26 Å². The molecule has 0 spiro atoms. The first-order chi connectivity index (χ1) is 34.9. The first-order valence-electron chi connectivity index (χ1n) is 23.8. The van der Waals surface area contributed by atoms with E-state index in [4.69, 9.17) is 32.7 Å². The quantitative estimate of drug-likeness (QED) is 0.0340. The molecule has 5 atom stereocenters. The molecule has 1 aromatic heterocycles. The van der Waals surface area contributed by atoms with Gasteiger partial charge < -0.3 is 32.7 Å². The molecule has 9 rings (SSSR count). The molecule has 72 heavy (non-hydrogen) atoms. The summed E-state index contributed by atoms with van der Waals surface area (Å²) in [5.41, 5.74) is 0.0174. The van der Waals surface area contributed by atoms with E-state index in [2.05, 4.69) is 45.3 Å². The standard InChI is InChI=1S/C56H56N5O10P/c1-35(2)61(36(3)4)72(68-33-11-31-57)71-51-47(34-67-56(40-14-8-7-9-15-40,41-20-24-43(65-5)25-21-41)42-22-26-44(66-6)27-23-42)69-53(60-32-30-48(62)59-54(60)63)52(51)70-55(64)58-46-29-19-39-17-16-37-12-10-13-38-18-28-45(46)50(39)49(37)38/h7-10,12-30,32,35-36,47,51-53H,11,33-34H2,1-6H3,(H,58,64)(H,59,62,63)/t47-,51-,52-,53-,72?/m1/s1. The minimum atomic E-state index is -2.02. The van der Waals surface area contributed by atoms with Gasteiger partial charge >= 0.3 is 11.8 Å². The fourth-order valence-electron chi connectivity index (χ4n) is 9.73. The number of hydrogen-bond acceptors (Lipinski definition) is 12. The average molecular weight is 990 g/mol. The van der Waals surface area contributed by atoms with Crippen LogP contribution in [-0.4, -0.2) is 78.1 Å². The molecule has 15 nitrogen and oxygen atoms in total. The molecule has 0 aliphatic carbocycles. The summed E-state index contributed by atoms with van der Waals surface area (Å²) in [4.78, 5) is 43.4. The molecule has 0 bridgehead atoms. The summed E-state index contributed by atoms with van der Waals surface area (Å²) in [5, 5.41) is 18.6. The van der Waals surface area contributed by atoms with Gasteiger partial charge in [0.15, 0.2) is 12.3 Å². The number of nitrogens with one attached hydrogen (secondary N) is 2. The molecule has 1 fully saturated rings. The highest BCUT2D eigenvalue weighted by Crippen LogP contribution is 2.51. The maximum absolute atomic E-state index is 14.7. The van der Waals surface area contributed by atoms with Crippen LogP contribution in [0.3, 0.4) is 0 Å². The summed E-state index contributed by atoms with van der Waals surface area (Å²) >= 11 is 0. The van der Waals surface area contributed by atoms with E-state index in [-0.39, 0.29) is 31.7 Å². The van der Waals surface area contributed by atoms with Crippen molar-refractivity contribution in [1.29, 1.82) is 5.26 Å². The summed E-state index contributed by atoms with van der Waals surface area (Å²) in [6, 6.07) is 46.1. The number of hydrogen-bond donors (Lipinski definition) is 2. The van der Waals surface area contributed by atoms with E-state index in [9.17, 15) is 19.6 Å². The Kier molecular flexibility index (Phi) is 15.0. The Balaban J connectivity index is 1.17. The molecule has 370 valence electrons. The number of nitrogens with zero attached hydrogens (tertiary/aromatic N) is 3. The lowest BCUT2D eigenvalue weighted by molar-refractivity contribution is -0.0947. The Labute approximate surface area is 418 Å². The highest BCUT2D eigenvalue weighted by Gasteiger charge is 2.53. The molecule has 7 aromatic carbocycles. The molecule has 1 aliphatic rings. The topological polar surface area (TPSA) is 176 Å². The lowest BCUT2D eigenvalue weighted by Gasteiger charge is -2.39. The van der Waals surface area contributed by atoms with Crippen LogP contribution in [-0.2, 0) is 28.9 Å². The van der Waals surface area contributed by atoms with Gasteiger partial charge in [-0.3, -0.25) is 19.7 Å². The molecule has 1 aliphatic heterocycles. The maximum atomic E-state index is 14.7.